The maximum absolute atomic E-state index is 13.5. The van der Waals surface area contributed by atoms with Gasteiger partial charge in [0.2, 0.25) is 0 Å². The topological polar surface area (TPSA) is 21.3 Å². The quantitative estimate of drug-likeness (QED) is 0.870. The minimum absolute atomic E-state index is 0.0502. The van der Waals surface area contributed by atoms with Gasteiger partial charge in [0.1, 0.15) is 24.0 Å². The predicted octanol–water partition coefficient (Wildman–Crippen LogP) is 3.65. The second kappa shape index (κ2) is 7.01. The second-order valence-corrected chi connectivity index (χ2v) is 4.38. The van der Waals surface area contributed by atoms with E-state index in [1.807, 2.05) is 25.1 Å². The maximum atomic E-state index is 13.5. The molecule has 0 heterocycles. The molecule has 0 bridgehead atoms. The van der Waals surface area contributed by atoms with Gasteiger partial charge in [0, 0.05) is 12.1 Å². The van der Waals surface area contributed by atoms with Gasteiger partial charge >= 0.3 is 0 Å². The summed E-state index contributed by atoms with van der Waals surface area (Å²) in [7, 11) is 0. The van der Waals surface area contributed by atoms with E-state index in [2.05, 4.69) is 5.32 Å². The smallest absolute Gasteiger partial charge is 0.132 e. The fraction of sp³-hybridized carbons (Fsp3) is 0.250. The van der Waals surface area contributed by atoms with Crippen LogP contribution >= 0.6 is 0 Å². The zero-order valence-corrected chi connectivity index (χ0v) is 11.3. The highest BCUT2D eigenvalue weighted by Gasteiger charge is 2.10. The van der Waals surface area contributed by atoms with E-state index in [4.69, 9.17) is 4.74 Å². The first-order chi connectivity index (χ1) is 9.72. The Kier molecular flexibility index (Phi) is 5.07. The second-order valence-electron chi connectivity index (χ2n) is 4.38. The molecule has 0 fully saturated rings. The lowest BCUT2D eigenvalue weighted by molar-refractivity contribution is 0.289. The molecule has 0 atom stereocenters. The van der Waals surface area contributed by atoms with Gasteiger partial charge in [0.15, 0.2) is 0 Å². The molecule has 0 amide bonds. The third-order valence-corrected chi connectivity index (χ3v) is 2.97. The molecule has 2 aromatic carbocycles. The van der Waals surface area contributed by atoms with Crippen molar-refractivity contribution in [3.05, 3.63) is 65.2 Å². The number of ether oxygens (including phenoxy) is 1. The van der Waals surface area contributed by atoms with Crippen molar-refractivity contribution in [1.29, 1.82) is 0 Å². The van der Waals surface area contributed by atoms with Gasteiger partial charge < -0.3 is 10.1 Å². The van der Waals surface area contributed by atoms with Crippen LogP contribution in [0.2, 0.25) is 0 Å². The predicted molar refractivity (Wildman–Crippen MR) is 74.5 cm³/mol. The van der Waals surface area contributed by atoms with E-state index in [1.165, 1.54) is 18.2 Å². The zero-order chi connectivity index (χ0) is 14.4. The SMILES string of the molecule is CCNCc1ccccc1OCc1c(F)cccc1F. The molecule has 0 aliphatic rings. The number of halogens is 2. The zero-order valence-electron chi connectivity index (χ0n) is 11.3. The molecule has 106 valence electrons. The summed E-state index contributed by atoms with van der Waals surface area (Å²) in [6, 6.07) is 11.3. The van der Waals surface area contributed by atoms with Crippen LogP contribution in [-0.4, -0.2) is 6.54 Å². The van der Waals surface area contributed by atoms with Gasteiger partial charge in [-0.2, -0.15) is 0 Å². The van der Waals surface area contributed by atoms with Crippen LogP contribution < -0.4 is 10.1 Å². The lowest BCUT2D eigenvalue weighted by Gasteiger charge is -2.12. The third-order valence-electron chi connectivity index (χ3n) is 2.97. The molecular weight excluding hydrogens is 260 g/mol. The Balaban J connectivity index is 2.11. The number of benzene rings is 2. The average Bonchev–Trinajstić information content (AvgIpc) is 2.45. The van der Waals surface area contributed by atoms with E-state index in [0.717, 1.165) is 12.1 Å². The van der Waals surface area contributed by atoms with Gasteiger partial charge in [-0.25, -0.2) is 8.78 Å². The van der Waals surface area contributed by atoms with Gasteiger partial charge in [-0.3, -0.25) is 0 Å². The first-order valence-electron chi connectivity index (χ1n) is 6.56. The van der Waals surface area contributed by atoms with E-state index in [0.29, 0.717) is 12.3 Å². The standard InChI is InChI=1S/C16H17F2NO/c1-2-19-10-12-6-3-4-9-16(12)20-11-13-14(17)7-5-8-15(13)18/h3-9,19H,2,10-11H2,1H3. The van der Waals surface area contributed by atoms with Gasteiger partial charge in [0.25, 0.3) is 0 Å². The summed E-state index contributed by atoms with van der Waals surface area (Å²) in [6.07, 6.45) is 0. The van der Waals surface area contributed by atoms with Crippen molar-refractivity contribution in [2.45, 2.75) is 20.1 Å². The molecule has 0 aliphatic heterocycles. The summed E-state index contributed by atoms with van der Waals surface area (Å²) in [4.78, 5) is 0. The van der Waals surface area contributed by atoms with Gasteiger partial charge in [-0.15, -0.1) is 0 Å². The van der Waals surface area contributed by atoms with Crippen LogP contribution in [0.15, 0.2) is 42.5 Å². The van der Waals surface area contributed by atoms with E-state index >= 15 is 0 Å². The van der Waals surface area contributed by atoms with E-state index < -0.39 is 11.6 Å². The average molecular weight is 277 g/mol. The molecule has 0 aromatic heterocycles. The van der Waals surface area contributed by atoms with Crippen LogP contribution in [0.4, 0.5) is 8.78 Å². The minimum Gasteiger partial charge on any atom is -0.488 e. The molecule has 1 N–H and O–H groups in total. The van der Waals surface area contributed by atoms with E-state index in [9.17, 15) is 8.78 Å². The lowest BCUT2D eigenvalue weighted by atomic mass is 10.2. The Bertz CT molecular complexity index is 552. The monoisotopic (exact) mass is 277 g/mol. The molecule has 2 aromatic rings. The number of rotatable bonds is 6. The molecule has 0 radical (unpaired) electrons. The number of hydrogen-bond donors (Lipinski definition) is 1. The highest BCUT2D eigenvalue weighted by Crippen LogP contribution is 2.21. The minimum atomic E-state index is -0.589. The van der Waals surface area contributed by atoms with Gasteiger partial charge in [0.05, 0.1) is 5.56 Å². The van der Waals surface area contributed by atoms with Crippen molar-refractivity contribution in [3.63, 3.8) is 0 Å². The molecule has 0 saturated heterocycles. The van der Waals surface area contributed by atoms with Crippen LogP contribution in [0.1, 0.15) is 18.1 Å². The lowest BCUT2D eigenvalue weighted by Crippen LogP contribution is -2.13. The summed E-state index contributed by atoms with van der Waals surface area (Å²) in [5.74, 6) is -0.542. The molecule has 4 heteroatoms. The summed E-state index contributed by atoms with van der Waals surface area (Å²) in [6.45, 7) is 3.39. The van der Waals surface area contributed by atoms with Crippen molar-refractivity contribution in [3.8, 4) is 5.75 Å². The van der Waals surface area contributed by atoms with Crippen LogP contribution in [0.25, 0.3) is 0 Å². The Hall–Kier alpha value is -1.94. The number of hydrogen-bond acceptors (Lipinski definition) is 2. The maximum Gasteiger partial charge on any atom is 0.132 e. The highest BCUT2D eigenvalue weighted by molar-refractivity contribution is 5.33. The molecular formula is C16H17F2NO. The summed E-state index contributed by atoms with van der Waals surface area (Å²) < 4.78 is 32.6. The van der Waals surface area contributed by atoms with Crippen LogP contribution in [0.3, 0.4) is 0 Å². The molecule has 0 saturated carbocycles. The van der Waals surface area contributed by atoms with Crippen molar-refractivity contribution in [1.82, 2.24) is 5.32 Å². The van der Waals surface area contributed by atoms with Crippen LogP contribution in [0.5, 0.6) is 5.75 Å². The Morgan fingerprint density at radius 2 is 1.70 bits per heavy atom. The normalized spacial score (nSPS) is 10.6. The molecule has 2 rings (SSSR count). The van der Waals surface area contributed by atoms with Crippen molar-refractivity contribution in [2.75, 3.05) is 6.54 Å². The van der Waals surface area contributed by atoms with Crippen LogP contribution in [0, 0.1) is 11.6 Å². The summed E-state index contributed by atoms with van der Waals surface area (Å²) in [5, 5.41) is 3.20. The first kappa shape index (κ1) is 14.5. The molecule has 0 unspecified atom stereocenters. The van der Waals surface area contributed by atoms with Crippen molar-refractivity contribution in [2.24, 2.45) is 0 Å². The summed E-state index contributed by atoms with van der Waals surface area (Å²) >= 11 is 0. The Labute approximate surface area is 117 Å². The Morgan fingerprint density at radius 3 is 2.40 bits per heavy atom. The third kappa shape index (κ3) is 3.54. The fourth-order valence-electron chi connectivity index (χ4n) is 1.87. The highest BCUT2D eigenvalue weighted by atomic mass is 19.1. The van der Waals surface area contributed by atoms with E-state index in [-0.39, 0.29) is 12.2 Å². The first-order valence-corrected chi connectivity index (χ1v) is 6.56. The Morgan fingerprint density at radius 1 is 1.00 bits per heavy atom. The molecule has 2 nitrogen and oxygen atoms in total. The van der Waals surface area contributed by atoms with Gasteiger partial charge in [-0.05, 0) is 24.7 Å². The van der Waals surface area contributed by atoms with Gasteiger partial charge in [-0.1, -0.05) is 31.2 Å². The van der Waals surface area contributed by atoms with Crippen molar-refractivity contribution < 1.29 is 13.5 Å². The molecule has 0 spiro atoms. The largest absolute Gasteiger partial charge is 0.488 e. The molecule has 0 aliphatic carbocycles. The van der Waals surface area contributed by atoms with E-state index in [1.54, 1.807) is 6.07 Å². The number of nitrogens with one attached hydrogen (secondary N) is 1. The van der Waals surface area contributed by atoms with Crippen LogP contribution in [-0.2, 0) is 13.2 Å². The fourth-order valence-corrected chi connectivity index (χ4v) is 1.87. The molecule has 20 heavy (non-hydrogen) atoms. The summed E-state index contributed by atoms with van der Waals surface area (Å²) in [5.41, 5.74) is 0.914. The number of para-hydroxylation sites is 1. The van der Waals surface area contributed by atoms with Crippen molar-refractivity contribution >= 4 is 0 Å².